The molecule has 27 heavy (non-hydrogen) atoms. The van der Waals surface area contributed by atoms with Crippen molar-refractivity contribution in [1.82, 2.24) is 4.90 Å². The highest BCUT2D eigenvalue weighted by Gasteiger charge is 2.35. The van der Waals surface area contributed by atoms with Crippen molar-refractivity contribution in [1.29, 1.82) is 0 Å². The van der Waals surface area contributed by atoms with E-state index >= 15 is 0 Å². The summed E-state index contributed by atoms with van der Waals surface area (Å²) in [6, 6.07) is 7.46. The van der Waals surface area contributed by atoms with Gasteiger partial charge in [0, 0.05) is 10.9 Å². The van der Waals surface area contributed by atoms with E-state index in [4.69, 9.17) is 4.74 Å². The lowest BCUT2D eigenvalue weighted by atomic mass is 10.1. The van der Waals surface area contributed by atoms with E-state index in [-0.39, 0.29) is 30.1 Å². The van der Waals surface area contributed by atoms with E-state index in [1.165, 1.54) is 5.56 Å². The number of rotatable bonds is 6. The molecule has 5 nitrogen and oxygen atoms in total. The number of nitrogens with zero attached hydrogens (tertiary/aromatic N) is 1. The van der Waals surface area contributed by atoms with Crippen molar-refractivity contribution in [2.45, 2.75) is 39.8 Å². The summed E-state index contributed by atoms with van der Waals surface area (Å²) in [4.78, 5) is 15.7. The van der Waals surface area contributed by atoms with E-state index in [0.717, 1.165) is 16.0 Å². The highest BCUT2D eigenvalue weighted by molar-refractivity contribution is 7.91. The lowest BCUT2D eigenvalue weighted by Crippen LogP contribution is -2.43. The molecule has 1 atom stereocenters. The lowest BCUT2D eigenvalue weighted by molar-refractivity contribution is -0.135. The molecule has 1 aromatic heterocycles. The molecule has 1 fully saturated rings. The van der Waals surface area contributed by atoms with Crippen LogP contribution in [0.15, 0.2) is 29.6 Å². The van der Waals surface area contributed by atoms with Crippen LogP contribution in [0.2, 0.25) is 0 Å². The normalized spacial score (nSPS) is 18.4. The monoisotopic (exact) mass is 407 g/mol. The van der Waals surface area contributed by atoms with Crippen molar-refractivity contribution in [2.24, 2.45) is 0 Å². The van der Waals surface area contributed by atoms with Gasteiger partial charge >= 0.3 is 0 Å². The number of benzene rings is 1. The van der Waals surface area contributed by atoms with Crippen molar-refractivity contribution >= 4 is 27.1 Å². The largest absolute Gasteiger partial charge is 0.484 e. The number of ether oxygens (including phenoxy) is 1. The van der Waals surface area contributed by atoms with Crippen LogP contribution in [0, 0.1) is 20.8 Å². The summed E-state index contributed by atoms with van der Waals surface area (Å²) >= 11 is 1.59. The molecular formula is C20H25NO4S2. The maximum atomic E-state index is 12.9. The van der Waals surface area contributed by atoms with Crippen LogP contribution in [0.5, 0.6) is 5.75 Å². The minimum absolute atomic E-state index is 0.0345. The van der Waals surface area contributed by atoms with Crippen molar-refractivity contribution < 1.29 is 17.9 Å². The Kier molecular flexibility index (Phi) is 5.91. The first-order chi connectivity index (χ1) is 12.7. The molecule has 2 aromatic rings. The fourth-order valence-electron chi connectivity index (χ4n) is 3.19. The molecule has 0 spiro atoms. The van der Waals surface area contributed by atoms with Gasteiger partial charge in [-0.25, -0.2) is 8.42 Å². The molecule has 0 aliphatic carbocycles. The first kappa shape index (κ1) is 19.9. The second-order valence-electron chi connectivity index (χ2n) is 7.14. The van der Waals surface area contributed by atoms with Crippen LogP contribution in [0.4, 0.5) is 0 Å². The molecule has 1 aliphatic heterocycles. The molecule has 1 saturated heterocycles. The smallest absolute Gasteiger partial charge is 0.261 e. The summed E-state index contributed by atoms with van der Waals surface area (Å²) < 4.78 is 29.5. The predicted molar refractivity (Wildman–Crippen MR) is 108 cm³/mol. The summed E-state index contributed by atoms with van der Waals surface area (Å²) in [7, 11) is -3.07. The van der Waals surface area contributed by atoms with E-state index in [0.29, 0.717) is 18.7 Å². The molecule has 0 radical (unpaired) electrons. The standard InChI is InChI=1S/C20H25NO4S2/c1-14-4-5-18(10-16(14)3)25-12-20(22)21(11-19-15(2)6-8-26-19)17-7-9-27(23,24)13-17/h4-6,8,10,17H,7,9,11-13H2,1-3H3. The summed E-state index contributed by atoms with van der Waals surface area (Å²) in [5, 5.41) is 1.99. The first-order valence-electron chi connectivity index (χ1n) is 8.98. The minimum Gasteiger partial charge on any atom is -0.484 e. The summed E-state index contributed by atoms with van der Waals surface area (Å²) in [6.07, 6.45) is 0.488. The zero-order valence-corrected chi connectivity index (χ0v) is 17.5. The zero-order valence-electron chi connectivity index (χ0n) is 15.9. The van der Waals surface area contributed by atoms with E-state index < -0.39 is 9.84 Å². The molecule has 1 amide bonds. The fraction of sp³-hybridized carbons (Fsp3) is 0.450. The number of hydrogen-bond acceptors (Lipinski definition) is 5. The quantitative estimate of drug-likeness (QED) is 0.737. The van der Waals surface area contributed by atoms with Crippen molar-refractivity contribution in [2.75, 3.05) is 18.1 Å². The third-order valence-corrected chi connectivity index (χ3v) is 7.85. The van der Waals surface area contributed by atoms with E-state index in [9.17, 15) is 13.2 Å². The van der Waals surface area contributed by atoms with E-state index in [2.05, 4.69) is 0 Å². The Balaban J connectivity index is 1.73. The lowest BCUT2D eigenvalue weighted by Gasteiger charge is -2.28. The average Bonchev–Trinajstić information content (AvgIpc) is 3.18. The van der Waals surface area contributed by atoms with Gasteiger partial charge in [0.05, 0.1) is 18.1 Å². The van der Waals surface area contributed by atoms with Crippen LogP contribution in [0.3, 0.4) is 0 Å². The Bertz CT molecular complexity index is 933. The van der Waals surface area contributed by atoms with Crippen LogP contribution in [0.25, 0.3) is 0 Å². The highest BCUT2D eigenvalue weighted by atomic mass is 32.2. The van der Waals surface area contributed by atoms with Crippen LogP contribution in [-0.4, -0.2) is 43.4 Å². The van der Waals surface area contributed by atoms with Gasteiger partial charge in [0.2, 0.25) is 0 Å². The molecule has 0 bridgehead atoms. The molecule has 0 N–H and O–H groups in total. The Morgan fingerprint density at radius 3 is 2.56 bits per heavy atom. The van der Waals surface area contributed by atoms with E-state index in [1.807, 2.05) is 50.4 Å². The Labute approximate surface area is 164 Å². The van der Waals surface area contributed by atoms with Crippen molar-refractivity contribution in [3.8, 4) is 5.75 Å². The van der Waals surface area contributed by atoms with Gasteiger partial charge in [0.1, 0.15) is 5.75 Å². The van der Waals surface area contributed by atoms with Gasteiger partial charge in [-0.15, -0.1) is 11.3 Å². The van der Waals surface area contributed by atoms with Gasteiger partial charge in [-0.3, -0.25) is 4.79 Å². The Morgan fingerprint density at radius 1 is 1.19 bits per heavy atom. The number of thiophene rings is 1. The minimum atomic E-state index is -3.07. The molecular weight excluding hydrogens is 382 g/mol. The summed E-state index contributed by atoms with van der Waals surface area (Å²) in [6.45, 7) is 6.36. The first-order valence-corrected chi connectivity index (χ1v) is 11.7. The van der Waals surface area contributed by atoms with Gasteiger partial charge in [0.15, 0.2) is 16.4 Å². The highest BCUT2D eigenvalue weighted by Crippen LogP contribution is 2.24. The topological polar surface area (TPSA) is 63.7 Å². The van der Waals surface area contributed by atoms with Crippen molar-refractivity contribution in [3.05, 3.63) is 51.2 Å². The number of amides is 1. The molecule has 146 valence electrons. The fourth-order valence-corrected chi connectivity index (χ4v) is 5.83. The number of hydrogen-bond donors (Lipinski definition) is 0. The maximum absolute atomic E-state index is 12.9. The summed E-state index contributed by atoms with van der Waals surface area (Å²) in [5.74, 6) is 0.649. The average molecular weight is 408 g/mol. The van der Waals surface area contributed by atoms with Crippen LogP contribution in [-0.2, 0) is 21.2 Å². The third-order valence-electron chi connectivity index (χ3n) is 5.09. The maximum Gasteiger partial charge on any atom is 0.261 e. The van der Waals surface area contributed by atoms with Crippen LogP contribution >= 0.6 is 11.3 Å². The Hall–Kier alpha value is -1.86. The zero-order chi connectivity index (χ0) is 19.6. The van der Waals surface area contributed by atoms with Gasteiger partial charge in [-0.1, -0.05) is 6.07 Å². The molecule has 2 heterocycles. The number of carbonyl (C=O) groups is 1. The second kappa shape index (κ2) is 8.02. The predicted octanol–water partition coefficient (Wildman–Crippen LogP) is 3.27. The summed E-state index contributed by atoms with van der Waals surface area (Å²) in [5.41, 5.74) is 3.39. The number of carbonyl (C=O) groups excluding carboxylic acids is 1. The molecule has 3 rings (SSSR count). The molecule has 0 saturated carbocycles. The van der Waals surface area contributed by atoms with E-state index in [1.54, 1.807) is 16.2 Å². The van der Waals surface area contributed by atoms with Gasteiger partial charge < -0.3 is 9.64 Å². The molecule has 7 heteroatoms. The number of aryl methyl sites for hydroxylation is 3. The molecule has 1 unspecified atom stereocenters. The Morgan fingerprint density at radius 2 is 1.96 bits per heavy atom. The van der Waals surface area contributed by atoms with Gasteiger partial charge in [-0.2, -0.15) is 0 Å². The molecule has 1 aliphatic rings. The van der Waals surface area contributed by atoms with Gasteiger partial charge in [0.25, 0.3) is 5.91 Å². The number of sulfone groups is 1. The van der Waals surface area contributed by atoms with Gasteiger partial charge in [-0.05, 0) is 67.5 Å². The van der Waals surface area contributed by atoms with Crippen molar-refractivity contribution in [3.63, 3.8) is 0 Å². The third kappa shape index (κ3) is 4.90. The van der Waals surface area contributed by atoms with Crippen LogP contribution < -0.4 is 4.74 Å². The van der Waals surface area contributed by atoms with Crippen LogP contribution in [0.1, 0.15) is 28.0 Å². The second-order valence-corrected chi connectivity index (χ2v) is 10.4. The SMILES string of the molecule is Cc1ccc(OCC(=O)N(Cc2sccc2C)C2CCS(=O)(=O)C2)cc1C. The molecule has 1 aromatic carbocycles.